The third-order valence-electron chi connectivity index (χ3n) is 3.15. The van der Waals surface area contributed by atoms with Gasteiger partial charge in [0.1, 0.15) is 5.75 Å². The minimum absolute atomic E-state index is 0.0460. The Hall–Kier alpha value is -2.53. The van der Waals surface area contributed by atoms with Crippen LogP contribution in [0.25, 0.3) is 0 Å². The zero-order valence-electron chi connectivity index (χ0n) is 12.5. The van der Waals surface area contributed by atoms with Gasteiger partial charge in [-0.2, -0.15) is 0 Å². The van der Waals surface area contributed by atoms with Gasteiger partial charge in [-0.15, -0.1) is 0 Å². The summed E-state index contributed by atoms with van der Waals surface area (Å²) in [6.07, 6.45) is -0.965. The monoisotopic (exact) mass is 333 g/mol. The Morgan fingerprint density at radius 2 is 1.96 bits per heavy atom. The number of esters is 1. The number of phenols is 1. The number of phenolic OH excluding ortho intramolecular Hbond substituents is 1. The van der Waals surface area contributed by atoms with Crippen LogP contribution in [0.15, 0.2) is 48.5 Å². The van der Waals surface area contributed by atoms with Crippen molar-refractivity contribution in [3.8, 4) is 5.75 Å². The Labute approximate surface area is 138 Å². The number of carbonyl (C=O) groups excluding carboxylic acids is 2. The molecular formula is C17H16ClNO4. The van der Waals surface area contributed by atoms with E-state index in [1.165, 1.54) is 31.2 Å². The molecule has 2 N–H and O–H groups in total. The fourth-order valence-electron chi connectivity index (χ4n) is 1.88. The zero-order chi connectivity index (χ0) is 16.8. The van der Waals surface area contributed by atoms with Crippen LogP contribution in [0.4, 0.5) is 0 Å². The minimum atomic E-state index is -0.965. The van der Waals surface area contributed by atoms with Gasteiger partial charge in [0.25, 0.3) is 5.91 Å². The van der Waals surface area contributed by atoms with Crippen LogP contribution >= 0.6 is 11.6 Å². The molecule has 2 aromatic rings. The standard InChI is InChI=1S/C17H16ClNO4/c1-11(23-17(22)12-6-4-7-14(20)9-12)16(21)19-10-13-5-2-3-8-15(13)18/h2-9,11,20H,10H2,1H3,(H,19,21)/t11-/m0/s1. The first kappa shape index (κ1) is 16.8. The molecule has 1 amide bonds. The summed E-state index contributed by atoms with van der Waals surface area (Å²) in [7, 11) is 0. The summed E-state index contributed by atoms with van der Waals surface area (Å²) >= 11 is 6.01. The molecule has 0 fully saturated rings. The maximum atomic E-state index is 12.0. The van der Waals surface area contributed by atoms with Crippen LogP contribution in [0.3, 0.4) is 0 Å². The molecule has 0 saturated carbocycles. The lowest BCUT2D eigenvalue weighted by molar-refractivity contribution is -0.129. The molecule has 0 aliphatic rings. The topological polar surface area (TPSA) is 75.6 Å². The van der Waals surface area contributed by atoms with Crippen molar-refractivity contribution in [1.82, 2.24) is 5.32 Å². The lowest BCUT2D eigenvalue weighted by Crippen LogP contribution is -2.35. The molecule has 23 heavy (non-hydrogen) atoms. The van der Waals surface area contributed by atoms with Gasteiger partial charge in [-0.1, -0.05) is 35.9 Å². The van der Waals surface area contributed by atoms with E-state index in [1.807, 2.05) is 6.07 Å². The van der Waals surface area contributed by atoms with Crippen molar-refractivity contribution < 1.29 is 19.4 Å². The molecule has 0 spiro atoms. The van der Waals surface area contributed by atoms with E-state index in [4.69, 9.17) is 16.3 Å². The van der Waals surface area contributed by atoms with Crippen LogP contribution in [-0.4, -0.2) is 23.1 Å². The highest BCUT2D eigenvalue weighted by atomic mass is 35.5. The second kappa shape index (κ2) is 7.65. The summed E-state index contributed by atoms with van der Waals surface area (Å²) in [5.41, 5.74) is 0.949. The van der Waals surface area contributed by atoms with Gasteiger partial charge in [0.2, 0.25) is 0 Å². The highest BCUT2D eigenvalue weighted by Gasteiger charge is 2.19. The number of hydrogen-bond donors (Lipinski definition) is 2. The first-order chi connectivity index (χ1) is 11.0. The maximum absolute atomic E-state index is 12.0. The third-order valence-corrected chi connectivity index (χ3v) is 3.51. The second-order valence-corrected chi connectivity index (χ2v) is 5.31. The molecule has 5 nitrogen and oxygen atoms in total. The average molecular weight is 334 g/mol. The van der Waals surface area contributed by atoms with E-state index in [9.17, 15) is 14.7 Å². The first-order valence-electron chi connectivity index (χ1n) is 6.98. The number of halogens is 1. The van der Waals surface area contributed by atoms with Crippen LogP contribution in [-0.2, 0) is 16.1 Å². The molecule has 120 valence electrons. The Morgan fingerprint density at radius 1 is 1.22 bits per heavy atom. The van der Waals surface area contributed by atoms with Gasteiger partial charge in [-0.05, 0) is 36.8 Å². The maximum Gasteiger partial charge on any atom is 0.339 e. The number of aromatic hydroxyl groups is 1. The lowest BCUT2D eigenvalue weighted by Gasteiger charge is -2.14. The Morgan fingerprint density at radius 3 is 2.65 bits per heavy atom. The molecule has 0 unspecified atom stereocenters. The van der Waals surface area contributed by atoms with Gasteiger partial charge in [0.05, 0.1) is 5.56 Å². The predicted molar refractivity (Wildman–Crippen MR) is 86.3 cm³/mol. The molecule has 0 aliphatic carbocycles. The molecule has 0 radical (unpaired) electrons. The van der Waals surface area contributed by atoms with Gasteiger partial charge in [0, 0.05) is 11.6 Å². The molecule has 0 heterocycles. The van der Waals surface area contributed by atoms with E-state index in [2.05, 4.69) is 5.32 Å². The smallest absolute Gasteiger partial charge is 0.339 e. The van der Waals surface area contributed by atoms with Gasteiger partial charge >= 0.3 is 5.97 Å². The number of carbonyl (C=O) groups is 2. The summed E-state index contributed by atoms with van der Waals surface area (Å²) in [6.45, 7) is 1.72. The van der Waals surface area contributed by atoms with Crippen molar-refractivity contribution in [2.75, 3.05) is 0 Å². The Bertz CT molecular complexity index is 717. The molecule has 2 rings (SSSR count). The Kier molecular flexibility index (Phi) is 5.60. The number of hydrogen-bond acceptors (Lipinski definition) is 4. The van der Waals surface area contributed by atoms with Crippen molar-refractivity contribution in [3.63, 3.8) is 0 Å². The van der Waals surface area contributed by atoms with Crippen LogP contribution in [0, 0.1) is 0 Å². The molecule has 2 aromatic carbocycles. The molecule has 0 saturated heterocycles. The molecule has 0 aliphatic heterocycles. The number of ether oxygens (including phenoxy) is 1. The van der Waals surface area contributed by atoms with E-state index in [0.717, 1.165) is 5.56 Å². The predicted octanol–water partition coefficient (Wildman–Crippen LogP) is 2.91. The molecule has 0 bridgehead atoms. The summed E-state index contributed by atoms with van der Waals surface area (Å²) in [6, 6.07) is 12.9. The van der Waals surface area contributed by atoms with Crippen LogP contribution in [0.5, 0.6) is 5.75 Å². The van der Waals surface area contributed by atoms with Crippen LogP contribution in [0.1, 0.15) is 22.8 Å². The van der Waals surface area contributed by atoms with E-state index in [-0.39, 0.29) is 17.9 Å². The number of nitrogens with one attached hydrogen (secondary N) is 1. The van der Waals surface area contributed by atoms with Crippen LogP contribution in [0.2, 0.25) is 5.02 Å². The fraction of sp³-hybridized carbons (Fsp3) is 0.176. The van der Waals surface area contributed by atoms with Gasteiger partial charge < -0.3 is 15.2 Å². The first-order valence-corrected chi connectivity index (χ1v) is 7.36. The van der Waals surface area contributed by atoms with Gasteiger partial charge in [-0.25, -0.2) is 4.79 Å². The van der Waals surface area contributed by atoms with E-state index >= 15 is 0 Å². The zero-order valence-corrected chi connectivity index (χ0v) is 13.2. The summed E-state index contributed by atoms with van der Waals surface area (Å²) in [5.74, 6) is -1.16. The third kappa shape index (κ3) is 4.72. The van der Waals surface area contributed by atoms with Crippen molar-refractivity contribution in [3.05, 3.63) is 64.7 Å². The minimum Gasteiger partial charge on any atom is -0.508 e. The van der Waals surface area contributed by atoms with Crippen molar-refractivity contribution in [1.29, 1.82) is 0 Å². The number of amides is 1. The summed E-state index contributed by atoms with van der Waals surface area (Å²) in [4.78, 5) is 23.9. The highest BCUT2D eigenvalue weighted by molar-refractivity contribution is 6.31. The number of rotatable bonds is 5. The normalized spacial score (nSPS) is 11.6. The van der Waals surface area contributed by atoms with Crippen molar-refractivity contribution >= 4 is 23.5 Å². The quantitative estimate of drug-likeness (QED) is 0.825. The highest BCUT2D eigenvalue weighted by Crippen LogP contribution is 2.15. The Balaban J connectivity index is 1.90. The van der Waals surface area contributed by atoms with Gasteiger partial charge in [0.15, 0.2) is 6.10 Å². The van der Waals surface area contributed by atoms with E-state index < -0.39 is 18.0 Å². The summed E-state index contributed by atoms with van der Waals surface area (Å²) < 4.78 is 5.08. The SMILES string of the molecule is C[C@H](OC(=O)c1cccc(O)c1)C(=O)NCc1ccccc1Cl. The lowest BCUT2D eigenvalue weighted by atomic mass is 10.2. The second-order valence-electron chi connectivity index (χ2n) is 4.91. The van der Waals surface area contributed by atoms with E-state index in [1.54, 1.807) is 18.2 Å². The van der Waals surface area contributed by atoms with Gasteiger partial charge in [-0.3, -0.25) is 4.79 Å². The van der Waals surface area contributed by atoms with Crippen molar-refractivity contribution in [2.24, 2.45) is 0 Å². The van der Waals surface area contributed by atoms with Crippen LogP contribution < -0.4 is 5.32 Å². The average Bonchev–Trinajstić information content (AvgIpc) is 2.53. The fourth-order valence-corrected chi connectivity index (χ4v) is 2.09. The molecule has 6 heteroatoms. The van der Waals surface area contributed by atoms with Crippen molar-refractivity contribution in [2.45, 2.75) is 19.6 Å². The molecule has 0 aromatic heterocycles. The summed E-state index contributed by atoms with van der Waals surface area (Å²) in [5, 5.41) is 12.6. The van der Waals surface area contributed by atoms with E-state index in [0.29, 0.717) is 5.02 Å². The molecular weight excluding hydrogens is 318 g/mol. The number of benzene rings is 2. The molecule has 1 atom stereocenters. The largest absolute Gasteiger partial charge is 0.508 e.